The van der Waals surface area contributed by atoms with Gasteiger partial charge in [0.05, 0.1) is 39.5 Å². The Hall–Kier alpha value is -4.25. The second-order valence-electron chi connectivity index (χ2n) is 8.00. The molecule has 2 nitrogen and oxygen atoms in total. The van der Waals surface area contributed by atoms with Crippen LogP contribution in [0, 0.1) is 11.3 Å². The number of alkyl halides is 6. The van der Waals surface area contributed by atoms with Crippen LogP contribution in [0.3, 0.4) is 0 Å². The van der Waals surface area contributed by atoms with Gasteiger partial charge in [0.15, 0.2) is 0 Å². The van der Waals surface area contributed by atoms with Gasteiger partial charge < -0.3 is 4.57 Å². The highest BCUT2D eigenvalue weighted by atomic mass is 19.4. The van der Waals surface area contributed by atoms with E-state index in [0.29, 0.717) is 27.6 Å². The smallest absolute Gasteiger partial charge is 0.309 e. The number of nitrogens with zero attached hydrogens (tertiary/aromatic N) is 2. The first kappa shape index (κ1) is 22.5. The van der Waals surface area contributed by atoms with E-state index in [1.54, 1.807) is 42.5 Å². The quantitative estimate of drug-likeness (QED) is 0.233. The molecule has 0 aliphatic rings. The lowest BCUT2D eigenvalue weighted by atomic mass is 10.0. The van der Waals surface area contributed by atoms with Gasteiger partial charge in [0.1, 0.15) is 0 Å². The largest absolute Gasteiger partial charge is 0.416 e. The third-order valence-electron chi connectivity index (χ3n) is 5.87. The molecule has 5 rings (SSSR count). The van der Waals surface area contributed by atoms with E-state index < -0.39 is 23.5 Å². The SMILES string of the molecule is N#Cc1ccc(-c2ccccc2)c(-n2c3cc(C(F)(F)F)ccc3c3ccc(C(F)(F)F)cc32)c1. The number of rotatable bonds is 2. The lowest BCUT2D eigenvalue weighted by Gasteiger charge is -2.16. The van der Waals surface area contributed by atoms with Crippen molar-refractivity contribution in [1.82, 2.24) is 4.57 Å². The predicted octanol–water partition coefficient (Wildman–Crippen LogP) is 8.36. The van der Waals surface area contributed by atoms with Crippen molar-refractivity contribution in [3.05, 3.63) is 102 Å². The summed E-state index contributed by atoms with van der Waals surface area (Å²) in [6.07, 6.45) is -9.30. The van der Waals surface area contributed by atoms with Crippen LogP contribution in [0.25, 0.3) is 38.6 Å². The van der Waals surface area contributed by atoms with E-state index in [9.17, 15) is 31.6 Å². The van der Waals surface area contributed by atoms with Crippen molar-refractivity contribution < 1.29 is 26.3 Å². The highest BCUT2D eigenvalue weighted by Crippen LogP contribution is 2.41. The molecule has 5 aromatic rings. The Morgan fingerprint density at radius 3 is 1.66 bits per heavy atom. The number of fused-ring (bicyclic) bond motifs is 3. The molecule has 0 N–H and O–H groups in total. The van der Waals surface area contributed by atoms with Crippen molar-refractivity contribution in [2.75, 3.05) is 0 Å². The molecule has 0 amide bonds. The second-order valence-corrected chi connectivity index (χ2v) is 8.00. The summed E-state index contributed by atoms with van der Waals surface area (Å²) in [7, 11) is 0. The zero-order valence-corrected chi connectivity index (χ0v) is 17.7. The molecule has 4 aromatic carbocycles. The van der Waals surface area contributed by atoms with Crippen molar-refractivity contribution in [2.45, 2.75) is 12.4 Å². The van der Waals surface area contributed by atoms with Crippen molar-refractivity contribution in [2.24, 2.45) is 0 Å². The van der Waals surface area contributed by atoms with E-state index in [-0.39, 0.29) is 16.6 Å². The summed E-state index contributed by atoms with van der Waals surface area (Å²) in [6.45, 7) is 0. The van der Waals surface area contributed by atoms with Gasteiger partial charge >= 0.3 is 12.4 Å². The Morgan fingerprint density at radius 1 is 0.629 bits per heavy atom. The Labute approximate surface area is 195 Å². The van der Waals surface area contributed by atoms with Crippen molar-refractivity contribution in [3.8, 4) is 22.9 Å². The maximum absolute atomic E-state index is 13.6. The molecule has 0 fully saturated rings. The average Bonchev–Trinajstić information content (AvgIpc) is 3.16. The Bertz CT molecular complexity index is 1550. The Kier molecular flexibility index (Phi) is 5.09. The van der Waals surface area contributed by atoms with E-state index in [2.05, 4.69) is 0 Å². The monoisotopic (exact) mass is 480 g/mol. The van der Waals surface area contributed by atoms with Gasteiger partial charge in [0, 0.05) is 16.3 Å². The molecule has 35 heavy (non-hydrogen) atoms. The van der Waals surface area contributed by atoms with Crippen molar-refractivity contribution in [1.29, 1.82) is 5.26 Å². The molecule has 0 aliphatic carbocycles. The number of benzene rings is 4. The Morgan fingerprint density at radius 2 is 1.17 bits per heavy atom. The summed E-state index contributed by atoms with van der Waals surface area (Å²) in [5.41, 5.74) is 0.0788. The number of halogens is 6. The predicted molar refractivity (Wildman–Crippen MR) is 121 cm³/mol. The molecule has 174 valence electrons. The van der Waals surface area contributed by atoms with Crippen LogP contribution in [0.5, 0.6) is 0 Å². The number of aromatic nitrogens is 1. The summed E-state index contributed by atoms with van der Waals surface area (Å²) in [6, 6.07) is 21.8. The summed E-state index contributed by atoms with van der Waals surface area (Å²) in [5.74, 6) is 0. The highest BCUT2D eigenvalue weighted by molar-refractivity contribution is 6.10. The lowest BCUT2D eigenvalue weighted by molar-refractivity contribution is -0.138. The third-order valence-corrected chi connectivity index (χ3v) is 5.87. The van der Waals surface area contributed by atoms with Crippen molar-refractivity contribution in [3.63, 3.8) is 0 Å². The van der Waals surface area contributed by atoms with Crippen LogP contribution in [-0.4, -0.2) is 4.57 Å². The first-order valence-corrected chi connectivity index (χ1v) is 10.4. The van der Waals surface area contributed by atoms with Gasteiger partial charge in [-0.1, -0.05) is 48.5 Å². The first-order chi connectivity index (χ1) is 16.6. The maximum Gasteiger partial charge on any atom is 0.416 e. The molecule has 0 bridgehead atoms. The van der Waals surface area contributed by atoms with E-state index in [4.69, 9.17) is 0 Å². The highest BCUT2D eigenvalue weighted by Gasteiger charge is 2.33. The van der Waals surface area contributed by atoms with Gasteiger partial charge in [-0.25, -0.2) is 0 Å². The standard InChI is InChI=1S/C27H14F6N2/c28-26(29,30)18-7-10-21-22-11-8-19(27(31,32)33)14-25(22)35(24(21)13-18)23-12-16(15-34)6-9-20(23)17-4-2-1-3-5-17/h1-14H. The topological polar surface area (TPSA) is 28.7 Å². The minimum Gasteiger partial charge on any atom is -0.309 e. The summed E-state index contributed by atoms with van der Waals surface area (Å²) >= 11 is 0. The fraction of sp³-hybridized carbons (Fsp3) is 0.0741. The molecule has 0 atom stereocenters. The van der Waals surface area contributed by atoms with Gasteiger partial charge in [-0.3, -0.25) is 0 Å². The van der Waals surface area contributed by atoms with Crippen LogP contribution in [-0.2, 0) is 12.4 Å². The van der Waals surface area contributed by atoms with Crippen LogP contribution >= 0.6 is 0 Å². The molecule has 0 radical (unpaired) electrons. The number of hydrogen-bond acceptors (Lipinski definition) is 1. The average molecular weight is 480 g/mol. The zero-order valence-electron chi connectivity index (χ0n) is 17.7. The van der Waals surface area contributed by atoms with Gasteiger partial charge in [0.2, 0.25) is 0 Å². The van der Waals surface area contributed by atoms with E-state index in [1.165, 1.54) is 22.8 Å². The minimum atomic E-state index is -4.65. The zero-order chi connectivity index (χ0) is 25.0. The summed E-state index contributed by atoms with van der Waals surface area (Å²) < 4.78 is 82.9. The molecule has 0 spiro atoms. The normalized spacial score (nSPS) is 12.3. The number of nitriles is 1. The van der Waals surface area contributed by atoms with Crippen molar-refractivity contribution >= 4 is 21.8 Å². The molecule has 0 saturated heterocycles. The van der Waals surface area contributed by atoms with Gasteiger partial charge in [-0.15, -0.1) is 0 Å². The van der Waals surface area contributed by atoms with E-state index in [0.717, 1.165) is 24.3 Å². The fourth-order valence-electron chi connectivity index (χ4n) is 4.28. The molecule has 1 aromatic heterocycles. The molecule has 0 saturated carbocycles. The van der Waals surface area contributed by atoms with E-state index >= 15 is 0 Å². The van der Waals surface area contributed by atoms with Crippen LogP contribution in [0.15, 0.2) is 84.9 Å². The van der Waals surface area contributed by atoms with Crippen LogP contribution in [0.1, 0.15) is 16.7 Å². The molecule has 0 aliphatic heterocycles. The van der Waals surface area contributed by atoms with Gasteiger partial charge in [-0.2, -0.15) is 31.6 Å². The van der Waals surface area contributed by atoms with Crippen LogP contribution in [0.4, 0.5) is 26.3 Å². The Balaban J connectivity index is 1.96. The van der Waals surface area contributed by atoms with Gasteiger partial charge in [-0.05, 0) is 42.0 Å². The minimum absolute atomic E-state index is 0.0846. The molecule has 1 heterocycles. The third kappa shape index (κ3) is 3.89. The molecule has 8 heteroatoms. The second kappa shape index (κ2) is 7.91. The summed E-state index contributed by atoms with van der Waals surface area (Å²) in [4.78, 5) is 0. The number of hydrogen-bond donors (Lipinski definition) is 0. The summed E-state index contributed by atoms with van der Waals surface area (Å²) in [5, 5.41) is 10.2. The van der Waals surface area contributed by atoms with E-state index in [1.807, 2.05) is 6.07 Å². The first-order valence-electron chi connectivity index (χ1n) is 10.4. The fourth-order valence-corrected chi connectivity index (χ4v) is 4.28. The molecule has 0 unspecified atom stereocenters. The maximum atomic E-state index is 13.6. The molecular weight excluding hydrogens is 466 g/mol. The lowest BCUT2D eigenvalue weighted by Crippen LogP contribution is -2.06. The van der Waals surface area contributed by atoms with Crippen LogP contribution < -0.4 is 0 Å². The molecular formula is C27H14F6N2. The van der Waals surface area contributed by atoms with Gasteiger partial charge in [0.25, 0.3) is 0 Å². The van der Waals surface area contributed by atoms with Crippen LogP contribution in [0.2, 0.25) is 0 Å².